The molecule has 0 radical (unpaired) electrons. The second-order valence-corrected chi connectivity index (χ2v) is 6.64. The van der Waals surface area contributed by atoms with Crippen LogP contribution in [0, 0.1) is 0 Å². The number of benzene rings is 2. The van der Waals surface area contributed by atoms with E-state index in [0.29, 0.717) is 19.0 Å². The summed E-state index contributed by atoms with van der Waals surface area (Å²) in [5, 5.41) is 3.07. The zero-order chi connectivity index (χ0) is 19.6. The van der Waals surface area contributed by atoms with Crippen molar-refractivity contribution in [3.63, 3.8) is 0 Å². The van der Waals surface area contributed by atoms with Crippen LogP contribution in [-0.2, 0) is 11.3 Å². The molecule has 1 N–H and O–H groups in total. The third kappa shape index (κ3) is 5.19. The Kier molecular flexibility index (Phi) is 7.19. The number of aromatic nitrogens is 1. The highest BCUT2D eigenvalue weighted by molar-refractivity contribution is 5.87. The van der Waals surface area contributed by atoms with Gasteiger partial charge in [0.15, 0.2) is 0 Å². The molecule has 144 valence electrons. The maximum absolute atomic E-state index is 13.1. The van der Waals surface area contributed by atoms with Crippen LogP contribution in [0.3, 0.4) is 0 Å². The molecule has 0 fully saturated rings. The van der Waals surface area contributed by atoms with E-state index in [0.717, 1.165) is 29.5 Å². The summed E-state index contributed by atoms with van der Waals surface area (Å²) in [4.78, 5) is 17.4. The third-order valence-corrected chi connectivity index (χ3v) is 4.57. The average molecular weight is 374 g/mol. The molecule has 0 spiro atoms. The summed E-state index contributed by atoms with van der Waals surface area (Å²) in [5.74, 6) is 0.191. The van der Waals surface area contributed by atoms with Gasteiger partial charge >= 0.3 is 0 Å². The molecular formula is C24H26N2O2. The molecule has 0 saturated carbocycles. The van der Waals surface area contributed by atoms with Gasteiger partial charge in [-0.2, -0.15) is 0 Å². The Morgan fingerprint density at radius 1 is 0.964 bits per heavy atom. The van der Waals surface area contributed by atoms with E-state index >= 15 is 0 Å². The molecule has 0 saturated heterocycles. The summed E-state index contributed by atoms with van der Waals surface area (Å²) in [6.07, 6.45) is 3.75. The van der Waals surface area contributed by atoms with Crippen LogP contribution < -0.4 is 10.1 Å². The molecule has 1 heterocycles. The zero-order valence-corrected chi connectivity index (χ0v) is 16.2. The first kappa shape index (κ1) is 19.6. The number of nitrogens with one attached hydrogen (secondary N) is 1. The van der Waals surface area contributed by atoms with Gasteiger partial charge in [0.25, 0.3) is 0 Å². The Hall–Kier alpha value is -3.14. The number of carbonyl (C=O) groups is 1. The molecule has 0 aliphatic heterocycles. The van der Waals surface area contributed by atoms with Crippen molar-refractivity contribution in [2.24, 2.45) is 0 Å². The zero-order valence-electron chi connectivity index (χ0n) is 16.2. The first-order chi connectivity index (χ1) is 13.8. The number of nitrogens with zero attached hydrogens (tertiary/aromatic N) is 1. The van der Waals surface area contributed by atoms with Gasteiger partial charge in [0.1, 0.15) is 0 Å². The van der Waals surface area contributed by atoms with Gasteiger partial charge < -0.3 is 10.1 Å². The van der Waals surface area contributed by atoms with Crippen LogP contribution in [0.1, 0.15) is 42.4 Å². The smallest absolute Gasteiger partial charge is 0.232 e. The Bertz CT molecular complexity index is 827. The summed E-state index contributed by atoms with van der Waals surface area (Å²) >= 11 is 0. The SMILES string of the molecule is CCCCOc1ncccc1CNC(=O)C(c1ccccc1)c1ccccc1. The van der Waals surface area contributed by atoms with Crippen LogP contribution in [0.4, 0.5) is 0 Å². The predicted molar refractivity (Wildman–Crippen MR) is 111 cm³/mol. The molecule has 2 aromatic carbocycles. The Labute approximate surface area is 166 Å². The molecule has 0 aliphatic rings. The molecule has 0 aliphatic carbocycles. The second kappa shape index (κ2) is 10.3. The third-order valence-electron chi connectivity index (χ3n) is 4.57. The molecule has 28 heavy (non-hydrogen) atoms. The predicted octanol–water partition coefficient (Wildman–Crippen LogP) is 4.71. The summed E-state index contributed by atoms with van der Waals surface area (Å²) in [5.41, 5.74) is 2.82. The van der Waals surface area contributed by atoms with Gasteiger partial charge in [0.05, 0.1) is 12.5 Å². The van der Waals surface area contributed by atoms with E-state index in [-0.39, 0.29) is 11.8 Å². The van der Waals surface area contributed by atoms with E-state index in [1.54, 1.807) is 6.20 Å². The van der Waals surface area contributed by atoms with Gasteiger partial charge in [-0.1, -0.05) is 80.1 Å². The van der Waals surface area contributed by atoms with Gasteiger partial charge in [-0.3, -0.25) is 4.79 Å². The van der Waals surface area contributed by atoms with Gasteiger partial charge in [-0.15, -0.1) is 0 Å². The number of amides is 1. The number of hydrogen-bond donors (Lipinski definition) is 1. The number of unbranched alkanes of at least 4 members (excludes halogenated alkanes) is 1. The first-order valence-electron chi connectivity index (χ1n) is 9.74. The highest BCUT2D eigenvalue weighted by atomic mass is 16.5. The fourth-order valence-electron chi connectivity index (χ4n) is 3.07. The van der Waals surface area contributed by atoms with Gasteiger partial charge in [-0.25, -0.2) is 4.98 Å². The van der Waals surface area contributed by atoms with Crippen LogP contribution in [0.5, 0.6) is 5.88 Å². The van der Waals surface area contributed by atoms with E-state index in [2.05, 4.69) is 17.2 Å². The van der Waals surface area contributed by atoms with E-state index < -0.39 is 0 Å². The van der Waals surface area contributed by atoms with Gasteiger partial charge in [-0.05, 0) is 23.6 Å². The van der Waals surface area contributed by atoms with Crippen molar-refractivity contribution in [1.82, 2.24) is 10.3 Å². The minimum atomic E-state index is -0.358. The lowest BCUT2D eigenvalue weighted by molar-refractivity contribution is -0.121. The van der Waals surface area contributed by atoms with Crippen LogP contribution in [0.25, 0.3) is 0 Å². The van der Waals surface area contributed by atoms with Gasteiger partial charge in [0.2, 0.25) is 11.8 Å². The molecule has 3 aromatic rings. The van der Waals surface area contributed by atoms with Gasteiger partial charge in [0, 0.05) is 18.3 Å². The number of pyridine rings is 1. The maximum Gasteiger partial charge on any atom is 0.232 e. The molecule has 0 atom stereocenters. The van der Waals surface area contributed by atoms with Crippen molar-refractivity contribution in [2.75, 3.05) is 6.61 Å². The lowest BCUT2D eigenvalue weighted by atomic mass is 9.90. The van der Waals surface area contributed by atoms with E-state index in [1.165, 1.54) is 0 Å². The normalized spacial score (nSPS) is 10.6. The van der Waals surface area contributed by atoms with Crippen LogP contribution >= 0.6 is 0 Å². The number of rotatable bonds is 9. The first-order valence-corrected chi connectivity index (χ1v) is 9.74. The molecule has 1 amide bonds. The maximum atomic E-state index is 13.1. The van der Waals surface area contributed by atoms with E-state index in [1.807, 2.05) is 72.8 Å². The number of ether oxygens (including phenoxy) is 1. The van der Waals surface area contributed by atoms with Crippen LogP contribution in [0.2, 0.25) is 0 Å². The highest BCUT2D eigenvalue weighted by Gasteiger charge is 2.22. The lowest BCUT2D eigenvalue weighted by Gasteiger charge is -2.18. The van der Waals surface area contributed by atoms with Crippen molar-refractivity contribution in [3.05, 3.63) is 95.7 Å². The van der Waals surface area contributed by atoms with Crippen molar-refractivity contribution in [2.45, 2.75) is 32.2 Å². The molecule has 1 aromatic heterocycles. The molecule has 4 heteroatoms. The molecular weight excluding hydrogens is 348 g/mol. The largest absolute Gasteiger partial charge is 0.477 e. The molecule has 4 nitrogen and oxygen atoms in total. The van der Waals surface area contributed by atoms with Crippen LogP contribution in [-0.4, -0.2) is 17.5 Å². The Balaban J connectivity index is 1.75. The minimum absolute atomic E-state index is 0.0410. The minimum Gasteiger partial charge on any atom is -0.477 e. The number of hydrogen-bond acceptors (Lipinski definition) is 3. The highest BCUT2D eigenvalue weighted by Crippen LogP contribution is 2.25. The van der Waals surface area contributed by atoms with Crippen molar-refractivity contribution >= 4 is 5.91 Å². The van der Waals surface area contributed by atoms with E-state index in [4.69, 9.17) is 4.74 Å². The van der Waals surface area contributed by atoms with Crippen molar-refractivity contribution < 1.29 is 9.53 Å². The number of carbonyl (C=O) groups excluding carboxylic acids is 1. The van der Waals surface area contributed by atoms with Crippen molar-refractivity contribution in [1.29, 1.82) is 0 Å². The summed E-state index contributed by atoms with van der Waals surface area (Å²) in [7, 11) is 0. The Morgan fingerprint density at radius 2 is 1.61 bits per heavy atom. The molecule has 0 bridgehead atoms. The monoisotopic (exact) mass is 374 g/mol. The van der Waals surface area contributed by atoms with E-state index in [9.17, 15) is 4.79 Å². The summed E-state index contributed by atoms with van der Waals surface area (Å²) in [6, 6.07) is 23.5. The topological polar surface area (TPSA) is 51.2 Å². The summed E-state index contributed by atoms with van der Waals surface area (Å²) < 4.78 is 5.78. The quantitative estimate of drug-likeness (QED) is 0.552. The summed E-state index contributed by atoms with van der Waals surface area (Å²) in [6.45, 7) is 3.13. The standard InChI is InChI=1S/C24H26N2O2/c1-2-3-17-28-24-21(15-10-16-25-24)18-26-23(27)22(19-11-6-4-7-12-19)20-13-8-5-9-14-20/h4-16,22H,2-3,17-18H2,1H3,(H,26,27). The lowest BCUT2D eigenvalue weighted by Crippen LogP contribution is -2.30. The fourth-order valence-corrected chi connectivity index (χ4v) is 3.07. The Morgan fingerprint density at radius 3 is 2.21 bits per heavy atom. The molecule has 0 unspecified atom stereocenters. The van der Waals surface area contributed by atoms with Crippen molar-refractivity contribution in [3.8, 4) is 5.88 Å². The molecule has 3 rings (SSSR count). The second-order valence-electron chi connectivity index (χ2n) is 6.64. The fraction of sp³-hybridized carbons (Fsp3) is 0.250. The average Bonchev–Trinajstić information content (AvgIpc) is 2.75. The van der Waals surface area contributed by atoms with Crippen LogP contribution in [0.15, 0.2) is 79.0 Å².